The Hall–Kier alpha value is -1.08. The highest BCUT2D eigenvalue weighted by Crippen LogP contribution is 2.17. The molecule has 0 spiro atoms. The minimum Gasteiger partial charge on any atom is -0.481 e. The third kappa shape index (κ3) is 6.58. The first-order valence-corrected chi connectivity index (χ1v) is 6.19. The van der Waals surface area contributed by atoms with Crippen molar-refractivity contribution in [2.75, 3.05) is 13.2 Å². The van der Waals surface area contributed by atoms with Crippen molar-refractivity contribution in [2.24, 2.45) is 5.92 Å². The molecule has 106 valence electrons. The zero-order valence-corrected chi connectivity index (χ0v) is 11.4. The monoisotopic (exact) mass is 340 g/mol. The van der Waals surface area contributed by atoms with E-state index in [-0.39, 0.29) is 6.42 Å². The molecule has 0 fully saturated rings. The average molecular weight is 341 g/mol. The van der Waals surface area contributed by atoms with Gasteiger partial charge in [0.15, 0.2) is 0 Å². The number of hydrogen-bond donors (Lipinski definition) is 1. The van der Waals surface area contributed by atoms with Gasteiger partial charge >= 0.3 is 12.1 Å². The molecule has 0 radical (unpaired) electrons. The Bertz CT molecular complexity index is 417. The van der Waals surface area contributed by atoms with Gasteiger partial charge in [-0.3, -0.25) is 4.79 Å². The Morgan fingerprint density at radius 2 is 1.89 bits per heavy atom. The number of halogens is 4. The molecule has 1 unspecified atom stereocenters. The van der Waals surface area contributed by atoms with E-state index in [4.69, 9.17) is 5.11 Å². The first-order valence-electron chi connectivity index (χ1n) is 5.39. The highest BCUT2D eigenvalue weighted by molar-refractivity contribution is 9.10. The lowest BCUT2D eigenvalue weighted by molar-refractivity contribution is -0.179. The van der Waals surface area contributed by atoms with Crippen LogP contribution in [0.3, 0.4) is 0 Å². The van der Waals surface area contributed by atoms with Gasteiger partial charge in [-0.05, 0) is 24.1 Å². The SMILES string of the molecule is O=C(O)C(COCC(F)(F)F)Cc1ccc(Br)cc1. The highest BCUT2D eigenvalue weighted by Gasteiger charge is 2.29. The predicted octanol–water partition coefficient (Wildman–Crippen LogP) is 3.27. The summed E-state index contributed by atoms with van der Waals surface area (Å²) in [5.41, 5.74) is 0.728. The molecule has 1 atom stereocenters. The molecule has 1 aromatic rings. The summed E-state index contributed by atoms with van der Waals surface area (Å²) in [6, 6.07) is 6.91. The summed E-state index contributed by atoms with van der Waals surface area (Å²) in [6.07, 6.45) is -4.32. The molecule has 0 bridgehead atoms. The molecule has 0 aliphatic rings. The zero-order valence-electron chi connectivity index (χ0n) is 9.78. The molecule has 0 saturated carbocycles. The molecule has 0 saturated heterocycles. The number of carboxylic acids is 1. The summed E-state index contributed by atoms with van der Waals surface area (Å²) < 4.78 is 40.9. The molecular formula is C12H12BrF3O3. The Kier molecular flexibility index (Phi) is 5.81. The summed E-state index contributed by atoms with van der Waals surface area (Å²) >= 11 is 3.24. The Morgan fingerprint density at radius 1 is 1.32 bits per heavy atom. The van der Waals surface area contributed by atoms with E-state index in [2.05, 4.69) is 20.7 Å². The van der Waals surface area contributed by atoms with Gasteiger partial charge in [0.05, 0.1) is 12.5 Å². The van der Waals surface area contributed by atoms with Crippen LogP contribution in [0.15, 0.2) is 28.7 Å². The van der Waals surface area contributed by atoms with Gasteiger partial charge in [0.25, 0.3) is 0 Å². The fourth-order valence-corrected chi connectivity index (χ4v) is 1.70. The second-order valence-corrected chi connectivity index (χ2v) is 4.91. The topological polar surface area (TPSA) is 46.5 Å². The molecule has 1 rings (SSSR count). The second kappa shape index (κ2) is 6.91. The number of alkyl halides is 3. The number of rotatable bonds is 6. The van der Waals surface area contributed by atoms with Crippen molar-refractivity contribution in [3.63, 3.8) is 0 Å². The summed E-state index contributed by atoms with van der Waals surface area (Å²) in [4.78, 5) is 11.0. The second-order valence-electron chi connectivity index (χ2n) is 4.00. The van der Waals surface area contributed by atoms with Crippen molar-refractivity contribution < 1.29 is 27.8 Å². The predicted molar refractivity (Wildman–Crippen MR) is 65.8 cm³/mol. The van der Waals surface area contributed by atoms with Crippen LogP contribution < -0.4 is 0 Å². The van der Waals surface area contributed by atoms with Crippen LogP contribution in [-0.2, 0) is 16.0 Å². The Balaban J connectivity index is 2.53. The fraction of sp³-hybridized carbons (Fsp3) is 0.417. The molecule has 7 heteroatoms. The van der Waals surface area contributed by atoms with E-state index in [0.717, 1.165) is 10.0 Å². The molecule has 1 aromatic carbocycles. The van der Waals surface area contributed by atoms with E-state index < -0.39 is 31.3 Å². The van der Waals surface area contributed by atoms with Crippen molar-refractivity contribution >= 4 is 21.9 Å². The molecule has 0 aromatic heterocycles. The molecule has 0 aliphatic carbocycles. The molecule has 3 nitrogen and oxygen atoms in total. The fourth-order valence-electron chi connectivity index (χ4n) is 1.44. The zero-order chi connectivity index (χ0) is 14.5. The molecule has 0 amide bonds. The van der Waals surface area contributed by atoms with Crippen LogP contribution in [0, 0.1) is 5.92 Å². The lowest BCUT2D eigenvalue weighted by atomic mass is 10.0. The van der Waals surface area contributed by atoms with Crippen LogP contribution >= 0.6 is 15.9 Å². The van der Waals surface area contributed by atoms with Gasteiger partial charge in [0, 0.05) is 4.47 Å². The van der Waals surface area contributed by atoms with Crippen molar-refractivity contribution in [1.82, 2.24) is 0 Å². The van der Waals surface area contributed by atoms with Crippen LogP contribution in [0.1, 0.15) is 5.56 Å². The Morgan fingerprint density at radius 3 is 2.37 bits per heavy atom. The number of carbonyl (C=O) groups is 1. The summed E-state index contributed by atoms with van der Waals surface area (Å²) in [5, 5.41) is 8.95. The molecular weight excluding hydrogens is 329 g/mol. The van der Waals surface area contributed by atoms with Gasteiger partial charge in [-0.25, -0.2) is 0 Å². The number of aliphatic carboxylic acids is 1. The highest BCUT2D eigenvalue weighted by atomic mass is 79.9. The van der Waals surface area contributed by atoms with Crippen LogP contribution in [0.4, 0.5) is 13.2 Å². The van der Waals surface area contributed by atoms with Crippen LogP contribution in [0.5, 0.6) is 0 Å². The smallest absolute Gasteiger partial charge is 0.411 e. The van der Waals surface area contributed by atoms with Gasteiger partial charge in [-0.1, -0.05) is 28.1 Å². The van der Waals surface area contributed by atoms with E-state index in [1.165, 1.54) is 0 Å². The van der Waals surface area contributed by atoms with E-state index in [1.807, 2.05) is 0 Å². The summed E-state index contributed by atoms with van der Waals surface area (Å²) in [5.74, 6) is -2.17. The minimum absolute atomic E-state index is 0.125. The number of benzene rings is 1. The molecule has 0 aliphatic heterocycles. The van der Waals surface area contributed by atoms with Gasteiger partial charge < -0.3 is 9.84 Å². The number of hydrogen-bond acceptors (Lipinski definition) is 2. The largest absolute Gasteiger partial charge is 0.481 e. The van der Waals surface area contributed by atoms with E-state index in [9.17, 15) is 18.0 Å². The van der Waals surface area contributed by atoms with Crippen molar-refractivity contribution in [3.05, 3.63) is 34.3 Å². The molecule has 19 heavy (non-hydrogen) atoms. The third-order valence-electron chi connectivity index (χ3n) is 2.33. The summed E-state index contributed by atoms with van der Waals surface area (Å²) in [6.45, 7) is -1.90. The normalized spacial score (nSPS) is 13.3. The first kappa shape index (κ1) is 16.0. The van der Waals surface area contributed by atoms with E-state index in [1.54, 1.807) is 24.3 Å². The lowest BCUT2D eigenvalue weighted by Gasteiger charge is -2.14. The van der Waals surface area contributed by atoms with E-state index >= 15 is 0 Å². The standard InChI is InChI=1S/C12H12BrF3O3/c13-10-3-1-8(2-4-10)5-9(11(17)18)6-19-7-12(14,15)16/h1-4,9H,5-7H2,(H,17,18). The van der Waals surface area contributed by atoms with Crippen molar-refractivity contribution in [1.29, 1.82) is 0 Å². The number of ether oxygens (including phenoxy) is 1. The summed E-state index contributed by atoms with van der Waals surface area (Å²) in [7, 11) is 0. The maximum atomic E-state index is 11.9. The van der Waals surface area contributed by atoms with E-state index in [0.29, 0.717) is 0 Å². The van der Waals surface area contributed by atoms with Gasteiger partial charge in [0.2, 0.25) is 0 Å². The lowest BCUT2D eigenvalue weighted by Crippen LogP contribution is -2.26. The molecule has 0 heterocycles. The van der Waals surface area contributed by atoms with Gasteiger partial charge in [-0.2, -0.15) is 13.2 Å². The maximum absolute atomic E-state index is 11.9. The quantitative estimate of drug-likeness (QED) is 0.864. The van der Waals surface area contributed by atoms with Crippen LogP contribution in [0.25, 0.3) is 0 Å². The Labute approximate surface area is 116 Å². The average Bonchev–Trinajstić information content (AvgIpc) is 2.28. The van der Waals surface area contributed by atoms with Crippen molar-refractivity contribution in [3.8, 4) is 0 Å². The van der Waals surface area contributed by atoms with Gasteiger partial charge in [-0.15, -0.1) is 0 Å². The number of carboxylic acid groups (broad SMARTS) is 1. The van der Waals surface area contributed by atoms with Crippen LogP contribution in [0.2, 0.25) is 0 Å². The molecule has 1 N–H and O–H groups in total. The van der Waals surface area contributed by atoms with Crippen molar-refractivity contribution in [2.45, 2.75) is 12.6 Å². The van der Waals surface area contributed by atoms with Gasteiger partial charge in [0.1, 0.15) is 6.61 Å². The third-order valence-corrected chi connectivity index (χ3v) is 2.86. The van der Waals surface area contributed by atoms with Crippen LogP contribution in [-0.4, -0.2) is 30.5 Å². The maximum Gasteiger partial charge on any atom is 0.411 e. The minimum atomic E-state index is -4.44. The first-order chi connectivity index (χ1) is 8.78.